The Balaban J connectivity index is 2.39. The highest BCUT2D eigenvalue weighted by Gasteiger charge is 2.17. The van der Waals surface area contributed by atoms with E-state index < -0.39 is 0 Å². The minimum Gasteiger partial charge on any atom is -0.398 e. The van der Waals surface area contributed by atoms with E-state index in [0.717, 1.165) is 33.7 Å². The molecule has 0 spiro atoms. The van der Waals surface area contributed by atoms with Gasteiger partial charge in [0, 0.05) is 17.3 Å². The summed E-state index contributed by atoms with van der Waals surface area (Å²) in [6.07, 6.45) is 0. The first-order chi connectivity index (χ1) is 9.59. The molecular formula is C17H19N3. The van der Waals surface area contributed by atoms with E-state index in [-0.39, 0.29) is 0 Å². The van der Waals surface area contributed by atoms with Gasteiger partial charge in [-0.25, -0.2) is 4.98 Å². The van der Waals surface area contributed by atoms with E-state index in [1.165, 1.54) is 0 Å². The molecule has 0 aliphatic heterocycles. The van der Waals surface area contributed by atoms with Crippen molar-refractivity contribution in [1.29, 1.82) is 0 Å². The van der Waals surface area contributed by atoms with Crippen molar-refractivity contribution in [1.82, 2.24) is 9.55 Å². The van der Waals surface area contributed by atoms with Crippen molar-refractivity contribution < 1.29 is 0 Å². The number of aromatic nitrogens is 2. The molecule has 2 N–H and O–H groups in total. The average Bonchev–Trinajstić information content (AvgIpc) is 2.77. The number of aryl methyl sites for hydroxylation is 1. The molecule has 102 valence electrons. The summed E-state index contributed by atoms with van der Waals surface area (Å²) in [7, 11) is 0. The third kappa shape index (κ3) is 1.86. The summed E-state index contributed by atoms with van der Waals surface area (Å²) >= 11 is 0. The summed E-state index contributed by atoms with van der Waals surface area (Å²) < 4.78 is 2.26. The summed E-state index contributed by atoms with van der Waals surface area (Å²) in [5.41, 5.74) is 11.3. The smallest absolute Gasteiger partial charge is 0.143 e. The normalized spacial score (nSPS) is 11.4. The zero-order valence-electron chi connectivity index (χ0n) is 12.1. The number of nitrogen functional groups attached to an aromatic ring is 1. The predicted molar refractivity (Wildman–Crippen MR) is 84.7 cm³/mol. The van der Waals surface area contributed by atoms with Gasteiger partial charge in [-0.1, -0.05) is 24.3 Å². The zero-order valence-corrected chi connectivity index (χ0v) is 12.1. The second-order valence-electron chi connectivity index (χ2n) is 5.43. The molecule has 0 radical (unpaired) electrons. The van der Waals surface area contributed by atoms with Crippen LogP contribution in [0, 0.1) is 6.92 Å². The molecule has 0 saturated heterocycles. The molecule has 1 heterocycles. The second-order valence-corrected chi connectivity index (χ2v) is 5.43. The fourth-order valence-electron chi connectivity index (χ4n) is 2.74. The Kier molecular flexibility index (Phi) is 2.97. The molecule has 3 heteroatoms. The van der Waals surface area contributed by atoms with Gasteiger partial charge in [0.15, 0.2) is 0 Å². The largest absolute Gasteiger partial charge is 0.398 e. The Morgan fingerprint density at radius 3 is 2.50 bits per heavy atom. The fraction of sp³-hybridized carbons (Fsp3) is 0.235. The number of nitrogens with zero attached hydrogens (tertiary/aromatic N) is 2. The van der Waals surface area contributed by atoms with Gasteiger partial charge in [0.2, 0.25) is 0 Å². The lowest BCUT2D eigenvalue weighted by Crippen LogP contribution is -2.05. The van der Waals surface area contributed by atoms with Crippen LogP contribution in [-0.4, -0.2) is 9.55 Å². The Bertz CT molecular complexity index is 749. The first kappa shape index (κ1) is 12.7. The van der Waals surface area contributed by atoms with E-state index in [9.17, 15) is 0 Å². The molecule has 1 aromatic heterocycles. The van der Waals surface area contributed by atoms with Crippen LogP contribution in [0.2, 0.25) is 0 Å². The number of anilines is 1. The molecule has 3 nitrogen and oxygen atoms in total. The summed E-state index contributed by atoms with van der Waals surface area (Å²) in [6, 6.07) is 14.6. The lowest BCUT2D eigenvalue weighted by atomic mass is 10.1. The molecule has 0 aliphatic rings. The highest BCUT2D eigenvalue weighted by atomic mass is 15.1. The highest BCUT2D eigenvalue weighted by molar-refractivity contribution is 5.85. The lowest BCUT2D eigenvalue weighted by molar-refractivity contribution is 0.624. The first-order valence-corrected chi connectivity index (χ1v) is 6.92. The van der Waals surface area contributed by atoms with Crippen molar-refractivity contribution in [2.24, 2.45) is 0 Å². The molecule has 0 amide bonds. The number of hydrogen-bond donors (Lipinski definition) is 1. The first-order valence-electron chi connectivity index (χ1n) is 6.92. The van der Waals surface area contributed by atoms with Gasteiger partial charge in [-0.3, -0.25) is 0 Å². The minimum absolute atomic E-state index is 0.330. The fourth-order valence-corrected chi connectivity index (χ4v) is 2.74. The van der Waals surface area contributed by atoms with Gasteiger partial charge in [0.1, 0.15) is 5.82 Å². The van der Waals surface area contributed by atoms with E-state index in [1.54, 1.807) is 0 Å². The van der Waals surface area contributed by atoms with E-state index in [0.29, 0.717) is 6.04 Å². The molecule has 20 heavy (non-hydrogen) atoms. The summed E-state index contributed by atoms with van der Waals surface area (Å²) in [5.74, 6) is 0.955. The lowest BCUT2D eigenvalue weighted by Gasteiger charge is -2.15. The van der Waals surface area contributed by atoms with Crippen LogP contribution < -0.4 is 5.73 Å². The SMILES string of the molecule is Cc1cccc(N)c1-c1nc2ccccc2n1C(C)C. The monoisotopic (exact) mass is 265 g/mol. The average molecular weight is 265 g/mol. The van der Waals surface area contributed by atoms with E-state index >= 15 is 0 Å². The second kappa shape index (κ2) is 4.67. The standard InChI is InChI=1S/C17H19N3/c1-11(2)20-15-10-5-4-9-14(15)19-17(20)16-12(3)7-6-8-13(16)18/h4-11H,18H2,1-3H3. The summed E-state index contributed by atoms with van der Waals surface area (Å²) in [6.45, 7) is 6.42. The molecule has 2 aromatic carbocycles. The zero-order chi connectivity index (χ0) is 14.3. The van der Waals surface area contributed by atoms with Gasteiger partial charge in [-0.05, 0) is 44.5 Å². The maximum absolute atomic E-state index is 6.19. The van der Waals surface area contributed by atoms with Crippen molar-refractivity contribution in [2.75, 3.05) is 5.73 Å². The number of rotatable bonds is 2. The van der Waals surface area contributed by atoms with Crippen molar-refractivity contribution >= 4 is 16.7 Å². The number of hydrogen-bond acceptors (Lipinski definition) is 2. The molecule has 0 fully saturated rings. The molecule has 0 unspecified atom stereocenters. The molecule has 3 rings (SSSR count). The van der Waals surface area contributed by atoms with Gasteiger partial charge in [-0.2, -0.15) is 0 Å². The van der Waals surface area contributed by atoms with Gasteiger partial charge in [0.05, 0.1) is 11.0 Å². The van der Waals surface area contributed by atoms with Crippen molar-refractivity contribution in [3.05, 3.63) is 48.0 Å². The third-order valence-electron chi connectivity index (χ3n) is 3.64. The van der Waals surface area contributed by atoms with Crippen LogP contribution >= 0.6 is 0 Å². The predicted octanol–water partition coefficient (Wildman–Crippen LogP) is 4.17. The van der Waals surface area contributed by atoms with E-state index in [4.69, 9.17) is 10.7 Å². The molecule has 3 aromatic rings. The highest BCUT2D eigenvalue weighted by Crippen LogP contribution is 2.33. The molecule has 0 atom stereocenters. The minimum atomic E-state index is 0.330. The number of imidazole rings is 1. The van der Waals surface area contributed by atoms with Crippen molar-refractivity contribution in [3.63, 3.8) is 0 Å². The van der Waals surface area contributed by atoms with Crippen LogP contribution in [0.5, 0.6) is 0 Å². The number of nitrogens with two attached hydrogens (primary N) is 1. The maximum Gasteiger partial charge on any atom is 0.143 e. The van der Waals surface area contributed by atoms with Gasteiger partial charge < -0.3 is 10.3 Å². The van der Waals surface area contributed by atoms with Crippen LogP contribution in [0.4, 0.5) is 5.69 Å². The van der Waals surface area contributed by atoms with Gasteiger partial charge in [-0.15, -0.1) is 0 Å². The van der Waals surface area contributed by atoms with Crippen LogP contribution in [0.25, 0.3) is 22.4 Å². The summed E-state index contributed by atoms with van der Waals surface area (Å²) in [4.78, 5) is 4.81. The maximum atomic E-state index is 6.19. The Morgan fingerprint density at radius 2 is 1.80 bits per heavy atom. The van der Waals surface area contributed by atoms with Crippen LogP contribution in [0.15, 0.2) is 42.5 Å². The third-order valence-corrected chi connectivity index (χ3v) is 3.64. The Hall–Kier alpha value is -2.29. The number of para-hydroxylation sites is 2. The quantitative estimate of drug-likeness (QED) is 0.706. The van der Waals surface area contributed by atoms with Gasteiger partial charge in [0.25, 0.3) is 0 Å². The van der Waals surface area contributed by atoms with Crippen molar-refractivity contribution in [3.8, 4) is 11.4 Å². The van der Waals surface area contributed by atoms with E-state index in [1.807, 2.05) is 30.3 Å². The van der Waals surface area contributed by atoms with E-state index in [2.05, 4.69) is 37.5 Å². The molecular weight excluding hydrogens is 246 g/mol. The van der Waals surface area contributed by atoms with Crippen LogP contribution in [0.1, 0.15) is 25.5 Å². The van der Waals surface area contributed by atoms with Crippen molar-refractivity contribution in [2.45, 2.75) is 26.8 Å². The topological polar surface area (TPSA) is 43.8 Å². The molecule has 0 bridgehead atoms. The number of benzene rings is 2. The number of fused-ring (bicyclic) bond motifs is 1. The Labute approximate surface area is 119 Å². The van der Waals surface area contributed by atoms with Crippen LogP contribution in [-0.2, 0) is 0 Å². The molecule has 0 aliphatic carbocycles. The van der Waals surface area contributed by atoms with Gasteiger partial charge >= 0.3 is 0 Å². The Morgan fingerprint density at radius 1 is 1.05 bits per heavy atom. The molecule has 0 saturated carbocycles. The van der Waals surface area contributed by atoms with Crippen LogP contribution in [0.3, 0.4) is 0 Å². The summed E-state index contributed by atoms with van der Waals surface area (Å²) in [5, 5.41) is 0.